The largest absolute Gasteiger partial charge is 0.440 e. The third-order valence-electron chi connectivity index (χ3n) is 3.55. The monoisotopic (exact) mass is 272 g/mol. The summed E-state index contributed by atoms with van der Waals surface area (Å²) in [5, 5.41) is 0. The lowest BCUT2D eigenvalue weighted by molar-refractivity contribution is 0.507. The minimum atomic E-state index is 0.121. The van der Waals surface area contributed by atoms with E-state index in [1.807, 2.05) is 6.92 Å². The molecule has 0 radical (unpaired) electrons. The fraction of sp³-hybridized carbons (Fsp3) is 0.471. The third kappa shape index (κ3) is 2.93. The molecule has 3 nitrogen and oxygen atoms in total. The van der Waals surface area contributed by atoms with Crippen molar-refractivity contribution in [3.63, 3.8) is 0 Å². The fourth-order valence-corrected chi connectivity index (χ4v) is 2.27. The Balaban J connectivity index is 2.51. The highest BCUT2D eigenvalue weighted by Crippen LogP contribution is 2.32. The summed E-state index contributed by atoms with van der Waals surface area (Å²) in [5.41, 5.74) is 10.3. The van der Waals surface area contributed by atoms with Crippen molar-refractivity contribution in [3.05, 3.63) is 40.9 Å². The molecule has 0 aliphatic heterocycles. The predicted octanol–water partition coefficient (Wildman–Crippen LogP) is 3.76. The number of nitrogens with zero attached hydrogens (tertiary/aromatic N) is 1. The van der Waals surface area contributed by atoms with Crippen LogP contribution in [0.25, 0.3) is 11.3 Å². The van der Waals surface area contributed by atoms with Gasteiger partial charge >= 0.3 is 0 Å². The molecule has 1 aromatic carbocycles. The zero-order valence-corrected chi connectivity index (χ0v) is 13.1. The molecule has 0 spiro atoms. The minimum absolute atomic E-state index is 0.121. The van der Waals surface area contributed by atoms with Crippen molar-refractivity contribution < 1.29 is 4.42 Å². The summed E-state index contributed by atoms with van der Waals surface area (Å²) < 4.78 is 5.90. The summed E-state index contributed by atoms with van der Waals surface area (Å²) in [6, 6.07) is 6.56. The quantitative estimate of drug-likeness (QED) is 0.925. The number of nitrogens with two attached hydrogens (primary N) is 1. The summed E-state index contributed by atoms with van der Waals surface area (Å²) in [6.45, 7) is 11.3. The van der Waals surface area contributed by atoms with Gasteiger partial charge in [0.25, 0.3) is 0 Å². The van der Waals surface area contributed by atoms with Gasteiger partial charge in [-0.25, -0.2) is 4.98 Å². The highest BCUT2D eigenvalue weighted by atomic mass is 16.4. The maximum absolute atomic E-state index is 5.90. The molecule has 20 heavy (non-hydrogen) atoms. The Morgan fingerprint density at radius 2 is 1.90 bits per heavy atom. The average molecular weight is 272 g/mol. The van der Waals surface area contributed by atoms with Crippen molar-refractivity contribution in [1.82, 2.24) is 4.98 Å². The van der Waals surface area contributed by atoms with Crippen molar-refractivity contribution in [2.45, 2.75) is 46.5 Å². The lowest BCUT2D eigenvalue weighted by Crippen LogP contribution is -2.11. The zero-order valence-electron chi connectivity index (χ0n) is 13.1. The Bertz CT molecular complexity index is 606. The molecular formula is C17H24N2O. The number of benzene rings is 1. The summed E-state index contributed by atoms with van der Waals surface area (Å²) in [6.07, 6.45) is 0.679. The molecule has 0 fully saturated rings. The predicted molar refractivity (Wildman–Crippen MR) is 82.9 cm³/mol. The molecule has 0 atom stereocenters. The van der Waals surface area contributed by atoms with Crippen LogP contribution in [0.5, 0.6) is 0 Å². The Morgan fingerprint density at radius 1 is 1.20 bits per heavy atom. The van der Waals surface area contributed by atoms with Crippen LogP contribution >= 0.6 is 0 Å². The SMILES string of the molecule is Cc1ccc(C(C)(C)C)cc1-c1oc(CCN)nc1C. The molecule has 0 bridgehead atoms. The Morgan fingerprint density at radius 3 is 2.50 bits per heavy atom. The number of rotatable bonds is 3. The van der Waals surface area contributed by atoms with Crippen molar-refractivity contribution in [3.8, 4) is 11.3 Å². The molecule has 3 heteroatoms. The molecule has 0 aliphatic carbocycles. The molecule has 108 valence electrons. The van der Waals surface area contributed by atoms with Crippen molar-refractivity contribution in [2.24, 2.45) is 5.73 Å². The van der Waals surface area contributed by atoms with Gasteiger partial charge in [0.15, 0.2) is 11.7 Å². The van der Waals surface area contributed by atoms with Crippen LogP contribution in [0.15, 0.2) is 22.6 Å². The second kappa shape index (κ2) is 5.41. The standard InChI is InChI=1S/C17H24N2O/c1-11-6-7-13(17(3,4)5)10-14(11)16-12(2)19-15(20-16)8-9-18/h6-7,10H,8-9,18H2,1-5H3. The van der Waals surface area contributed by atoms with Gasteiger partial charge in [0.1, 0.15) is 0 Å². The summed E-state index contributed by atoms with van der Waals surface area (Å²) in [4.78, 5) is 4.46. The minimum Gasteiger partial charge on any atom is -0.440 e. The average Bonchev–Trinajstić information content (AvgIpc) is 2.70. The topological polar surface area (TPSA) is 52.0 Å². The van der Waals surface area contributed by atoms with Crippen LogP contribution in [0.3, 0.4) is 0 Å². The van der Waals surface area contributed by atoms with E-state index >= 15 is 0 Å². The molecule has 1 aromatic heterocycles. The van der Waals surface area contributed by atoms with Crippen LogP contribution in [0.2, 0.25) is 0 Å². The first kappa shape index (κ1) is 14.8. The van der Waals surface area contributed by atoms with Gasteiger partial charge in [0.05, 0.1) is 5.69 Å². The molecule has 2 aromatic rings. The fourth-order valence-electron chi connectivity index (χ4n) is 2.27. The van der Waals surface area contributed by atoms with Gasteiger partial charge in [-0.2, -0.15) is 0 Å². The van der Waals surface area contributed by atoms with Crippen LogP contribution in [-0.2, 0) is 11.8 Å². The number of aromatic nitrogens is 1. The highest BCUT2D eigenvalue weighted by Gasteiger charge is 2.18. The number of hydrogen-bond donors (Lipinski definition) is 1. The van der Waals surface area contributed by atoms with Crippen LogP contribution in [0.1, 0.15) is 43.5 Å². The van der Waals surface area contributed by atoms with Crippen LogP contribution < -0.4 is 5.73 Å². The molecule has 1 heterocycles. The molecule has 2 rings (SSSR count). The van der Waals surface area contributed by atoms with Gasteiger partial charge in [-0.15, -0.1) is 0 Å². The van der Waals surface area contributed by atoms with Crippen LogP contribution in [-0.4, -0.2) is 11.5 Å². The Hall–Kier alpha value is -1.61. The second-order valence-electron chi connectivity index (χ2n) is 6.34. The number of hydrogen-bond acceptors (Lipinski definition) is 3. The van der Waals surface area contributed by atoms with E-state index in [-0.39, 0.29) is 5.41 Å². The second-order valence-corrected chi connectivity index (χ2v) is 6.34. The molecule has 0 aliphatic rings. The lowest BCUT2D eigenvalue weighted by Gasteiger charge is -2.20. The van der Waals surface area contributed by atoms with Crippen molar-refractivity contribution >= 4 is 0 Å². The van der Waals surface area contributed by atoms with E-state index < -0.39 is 0 Å². The van der Waals surface area contributed by atoms with Gasteiger partial charge in [0, 0.05) is 18.5 Å². The van der Waals surface area contributed by atoms with E-state index in [0.717, 1.165) is 22.9 Å². The van der Waals surface area contributed by atoms with E-state index in [0.29, 0.717) is 13.0 Å². The van der Waals surface area contributed by atoms with Crippen LogP contribution in [0.4, 0.5) is 0 Å². The number of aryl methyl sites for hydroxylation is 2. The van der Waals surface area contributed by atoms with Gasteiger partial charge in [0.2, 0.25) is 0 Å². The van der Waals surface area contributed by atoms with Gasteiger partial charge in [-0.05, 0) is 36.5 Å². The first-order chi connectivity index (χ1) is 9.32. The highest BCUT2D eigenvalue weighted by molar-refractivity contribution is 5.65. The van der Waals surface area contributed by atoms with E-state index in [1.54, 1.807) is 0 Å². The third-order valence-corrected chi connectivity index (χ3v) is 3.55. The maximum Gasteiger partial charge on any atom is 0.196 e. The molecule has 0 unspecified atom stereocenters. The first-order valence-electron chi connectivity index (χ1n) is 7.11. The molecular weight excluding hydrogens is 248 g/mol. The van der Waals surface area contributed by atoms with E-state index in [4.69, 9.17) is 10.2 Å². The Labute approximate surface area is 121 Å². The smallest absolute Gasteiger partial charge is 0.196 e. The van der Waals surface area contributed by atoms with E-state index in [1.165, 1.54) is 11.1 Å². The van der Waals surface area contributed by atoms with Gasteiger partial charge < -0.3 is 10.2 Å². The van der Waals surface area contributed by atoms with Crippen molar-refractivity contribution in [2.75, 3.05) is 6.54 Å². The maximum atomic E-state index is 5.90. The molecule has 0 amide bonds. The zero-order chi connectivity index (χ0) is 14.9. The van der Waals surface area contributed by atoms with Gasteiger partial charge in [-0.3, -0.25) is 0 Å². The Kier molecular flexibility index (Phi) is 4.00. The molecule has 0 saturated carbocycles. The summed E-state index contributed by atoms with van der Waals surface area (Å²) in [5.74, 6) is 1.60. The summed E-state index contributed by atoms with van der Waals surface area (Å²) in [7, 11) is 0. The lowest BCUT2D eigenvalue weighted by atomic mass is 9.85. The first-order valence-corrected chi connectivity index (χ1v) is 7.11. The molecule has 2 N–H and O–H groups in total. The van der Waals surface area contributed by atoms with Crippen LogP contribution in [0, 0.1) is 13.8 Å². The van der Waals surface area contributed by atoms with E-state index in [9.17, 15) is 0 Å². The summed E-state index contributed by atoms with van der Waals surface area (Å²) >= 11 is 0. The van der Waals surface area contributed by atoms with Gasteiger partial charge in [-0.1, -0.05) is 32.9 Å². The molecule has 0 saturated heterocycles. The van der Waals surface area contributed by atoms with E-state index in [2.05, 4.69) is 50.9 Å². The number of oxazole rings is 1. The van der Waals surface area contributed by atoms with Crippen molar-refractivity contribution in [1.29, 1.82) is 0 Å². The normalized spacial score (nSPS) is 11.9.